The number of hydrogen-bond acceptors (Lipinski definition) is 4. The second-order valence-electron chi connectivity index (χ2n) is 3.92. The third-order valence-corrected chi connectivity index (χ3v) is 1.47. The van der Waals surface area contributed by atoms with E-state index in [1.165, 1.54) is 17.4 Å². The molecule has 1 aromatic rings. The molecule has 0 atom stereocenters. The third kappa shape index (κ3) is 2.76. The number of carbonyl (C=O) groups is 1. The quantitative estimate of drug-likeness (QED) is 0.693. The van der Waals surface area contributed by atoms with Crippen molar-refractivity contribution in [2.24, 2.45) is 0 Å². The summed E-state index contributed by atoms with van der Waals surface area (Å²) in [6, 6.07) is 0. The van der Waals surface area contributed by atoms with Gasteiger partial charge in [0.25, 0.3) is 0 Å². The number of ether oxygens (including phenoxy) is 1. The summed E-state index contributed by atoms with van der Waals surface area (Å²) in [5.41, 5.74) is 0.0712. The molecular formula is C9H14N2O3. The smallest absolute Gasteiger partial charge is 0.414 e. The first kappa shape index (κ1) is 10.6. The maximum atomic E-state index is 11.5. The predicted octanol–water partition coefficient (Wildman–Crippen LogP) is 2.05. The van der Waals surface area contributed by atoms with Gasteiger partial charge in [0.15, 0.2) is 0 Å². The Morgan fingerprint density at radius 2 is 2.21 bits per heavy atom. The standard InChI is InChI=1S/C9H14N2O3/c1-9(2,3)14-8(12)11(4)7-5-10-13-6-7/h5-6H,1-4H3. The van der Waals surface area contributed by atoms with Crippen LogP contribution in [0.5, 0.6) is 0 Å². The first-order chi connectivity index (χ1) is 6.40. The highest BCUT2D eigenvalue weighted by Gasteiger charge is 2.21. The normalized spacial score (nSPS) is 11.1. The Hall–Kier alpha value is -1.52. The van der Waals surface area contributed by atoms with Crippen molar-refractivity contribution < 1.29 is 14.1 Å². The van der Waals surface area contributed by atoms with Crippen LogP contribution in [-0.2, 0) is 4.74 Å². The van der Waals surface area contributed by atoms with E-state index in [1.54, 1.807) is 7.05 Å². The lowest BCUT2D eigenvalue weighted by atomic mass is 10.2. The fraction of sp³-hybridized carbons (Fsp3) is 0.556. The Morgan fingerprint density at radius 3 is 2.64 bits per heavy atom. The van der Waals surface area contributed by atoms with Crippen LogP contribution in [0.3, 0.4) is 0 Å². The van der Waals surface area contributed by atoms with Gasteiger partial charge in [0, 0.05) is 7.05 Å². The highest BCUT2D eigenvalue weighted by molar-refractivity contribution is 5.86. The van der Waals surface area contributed by atoms with Gasteiger partial charge in [-0.2, -0.15) is 0 Å². The van der Waals surface area contributed by atoms with Crippen molar-refractivity contribution >= 4 is 11.8 Å². The van der Waals surface area contributed by atoms with Crippen molar-refractivity contribution in [3.63, 3.8) is 0 Å². The van der Waals surface area contributed by atoms with Crippen LogP contribution < -0.4 is 4.90 Å². The fourth-order valence-corrected chi connectivity index (χ4v) is 0.801. The number of nitrogens with zero attached hydrogens (tertiary/aromatic N) is 2. The summed E-state index contributed by atoms with van der Waals surface area (Å²) < 4.78 is 9.76. The Bertz CT molecular complexity index is 300. The van der Waals surface area contributed by atoms with Crippen LogP contribution in [0.4, 0.5) is 10.5 Å². The van der Waals surface area contributed by atoms with Gasteiger partial charge in [-0.1, -0.05) is 5.16 Å². The van der Waals surface area contributed by atoms with E-state index >= 15 is 0 Å². The van der Waals surface area contributed by atoms with Gasteiger partial charge < -0.3 is 9.26 Å². The molecular weight excluding hydrogens is 184 g/mol. The van der Waals surface area contributed by atoms with Crippen molar-refractivity contribution in [1.29, 1.82) is 0 Å². The number of anilines is 1. The molecule has 0 aromatic carbocycles. The molecule has 0 unspecified atom stereocenters. The summed E-state index contributed by atoms with van der Waals surface area (Å²) in [6.45, 7) is 5.44. The minimum absolute atomic E-state index is 0.430. The lowest BCUT2D eigenvalue weighted by molar-refractivity contribution is 0.0589. The van der Waals surface area contributed by atoms with E-state index in [9.17, 15) is 4.79 Å². The second kappa shape index (κ2) is 3.69. The Labute approximate surface area is 82.6 Å². The molecule has 0 spiro atoms. The summed E-state index contributed by atoms with van der Waals surface area (Å²) in [4.78, 5) is 12.8. The fourth-order valence-electron chi connectivity index (χ4n) is 0.801. The van der Waals surface area contributed by atoms with E-state index in [2.05, 4.69) is 9.68 Å². The number of amides is 1. The van der Waals surface area contributed by atoms with Gasteiger partial charge in [-0.25, -0.2) is 4.79 Å². The molecule has 5 heteroatoms. The van der Waals surface area contributed by atoms with Gasteiger partial charge in [0.2, 0.25) is 0 Å². The monoisotopic (exact) mass is 198 g/mol. The van der Waals surface area contributed by atoms with Gasteiger partial charge in [0.1, 0.15) is 17.6 Å². The van der Waals surface area contributed by atoms with E-state index in [0.717, 1.165) is 0 Å². The zero-order valence-corrected chi connectivity index (χ0v) is 8.77. The molecule has 0 fully saturated rings. The summed E-state index contributed by atoms with van der Waals surface area (Å²) in [6.07, 6.45) is 2.40. The lowest BCUT2D eigenvalue weighted by Gasteiger charge is -2.23. The first-order valence-electron chi connectivity index (χ1n) is 4.26. The average molecular weight is 198 g/mol. The molecule has 0 N–H and O–H groups in total. The molecule has 0 saturated heterocycles. The molecule has 0 aliphatic carbocycles. The second-order valence-corrected chi connectivity index (χ2v) is 3.92. The molecule has 1 heterocycles. The van der Waals surface area contributed by atoms with Crippen LogP contribution in [0.2, 0.25) is 0 Å². The van der Waals surface area contributed by atoms with Gasteiger partial charge in [-0.05, 0) is 20.8 Å². The summed E-state index contributed by atoms with van der Waals surface area (Å²) in [7, 11) is 1.60. The van der Waals surface area contributed by atoms with Crippen molar-refractivity contribution in [3.05, 3.63) is 12.5 Å². The molecule has 0 aliphatic heterocycles. The predicted molar refractivity (Wildman–Crippen MR) is 51.1 cm³/mol. The van der Waals surface area contributed by atoms with E-state index in [0.29, 0.717) is 5.69 Å². The SMILES string of the molecule is CN(C(=O)OC(C)(C)C)c1cnoc1. The van der Waals surface area contributed by atoms with Crippen LogP contribution in [0, 0.1) is 0 Å². The van der Waals surface area contributed by atoms with Gasteiger partial charge >= 0.3 is 6.09 Å². The highest BCUT2D eigenvalue weighted by Crippen LogP contribution is 2.15. The summed E-state index contributed by atoms with van der Waals surface area (Å²) in [5.74, 6) is 0. The maximum absolute atomic E-state index is 11.5. The molecule has 78 valence electrons. The molecule has 0 aliphatic rings. The van der Waals surface area contributed by atoms with Crippen LogP contribution >= 0.6 is 0 Å². The largest absolute Gasteiger partial charge is 0.443 e. The molecule has 1 amide bonds. The van der Waals surface area contributed by atoms with E-state index < -0.39 is 11.7 Å². The zero-order chi connectivity index (χ0) is 10.8. The maximum Gasteiger partial charge on any atom is 0.414 e. The molecule has 0 bridgehead atoms. The van der Waals surface area contributed by atoms with Crippen LogP contribution in [-0.4, -0.2) is 23.9 Å². The van der Waals surface area contributed by atoms with Gasteiger partial charge in [-0.3, -0.25) is 4.90 Å². The number of aromatic nitrogens is 1. The third-order valence-electron chi connectivity index (χ3n) is 1.47. The first-order valence-corrected chi connectivity index (χ1v) is 4.26. The number of hydrogen-bond donors (Lipinski definition) is 0. The van der Waals surface area contributed by atoms with Crippen LogP contribution in [0.25, 0.3) is 0 Å². The zero-order valence-electron chi connectivity index (χ0n) is 8.77. The van der Waals surface area contributed by atoms with Gasteiger partial charge in [0.05, 0.1) is 6.20 Å². The van der Waals surface area contributed by atoms with E-state index in [4.69, 9.17) is 4.74 Å². The van der Waals surface area contributed by atoms with E-state index in [-0.39, 0.29) is 0 Å². The molecule has 1 rings (SSSR count). The summed E-state index contributed by atoms with van der Waals surface area (Å²) >= 11 is 0. The highest BCUT2D eigenvalue weighted by atomic mass is 16.6. The Kier molecular flexibility index (Phi) is 2.78. The van der Waals surface area contributed by atoms with Crippen molar-refractivity contribution in [1.82, 2.24) is 5.16 Å². The number of rotatable bonds is 1. The van der Waals surface area contributed by atoms with Crippen LogP contribution in [0.15, 0.2) is 17.0 Å². The molecule has 1 aromatic heterocycles. The molecule has 5 nitrogen and oxygen atoms in total. The Balaban J connectivity index is 2.63. The number of carbonyl (C=O) groups excluding carboxylic acids is 1. The molecule has 0 saturated carbocycles. The minimum atomic E-state index is -0.498. The lowest BCUT2D eigenvalue weighted by Crippen LogP contribution is -2.33. The Morgan fingerprint density at radius 1 is 1.57 bits per heavy atom. The average Bonchev–Trinajstić information content (AvgIpc) is 2.51. The van der Waals surface area contributed by atoms with Crippen molar-refractivity contribution in [2.45, 2.75) is 26.4 Å². The minimum Gasteiger partial charge on any atom is -0.443 e. The molecule has 0 radical (unpaired) electrons. The molecule has 14 heavy (non-hydrogen) atoms. The van der Waals surface area contributed by atoms with E-state index in [1.807, 2.05) is 20.8 Å². The van der Waals surface area contributed by atoms with Crippen molar-refractivity contribution in [2.75, 3.05) is 11.9 Å². The van der Waals surface area contributed by atoms with Gasteiger partial charge in [-0.15, -0.1) is 0 Å². The topological polar surface area (TPSA) is 55.6 Å². The van der Waals surface area contributed by atoms with Crippen molar-refractivity contribution in [3.8, 4) is 0 Å². The summed E-state index contributed by atoms with van der Waals surface area (Å²) in [5, 5.41) is 3.50. The van der Waals surface area contributed by atoms with Crippen LogP contribution in [0.1, 0.15) is 20.8 Å².